The lowest BCUT2D eigenvalue weighted by atomic mass is 10.2. The minimum Gasteiger partial charge on any atom is -0.298 e. The zero-order valence-electron chi connectivity index (χ0n) is 17.4. The Morgan fingerprint density at radius 1 is 0.879 bits per heavy atom. The fourth-order valence-corrected chi connectivity index (χ4v) is 6.24. The molecule has 1 amide bonds. The van der Waals surface area contributed by atoms with Crippen LogP contribution >= 0.6 is 11.8 Å². The Balaban J connectivity index is 1.38. The van der Waals surface area contributed by atoms with E-state index in [0.717, 1.165) is 15.4 Å². The molecule has 3 heterocycles. The number of hydrogen-bond donors (Lipinski definition) is 0. The molecule has 0 saturated carbocycles. The van der Waals surface area contributed by atoms with Gasteiger partial charge in [0.15, 0.2) is 11.0 Å². The molecule has 0 bridgehead atoms. The first-order chi connectivity index (χ1) is 16.1. The zero-order valence-corrected chi connectivity index (χ0v) is 19.0. The van der Waals surface area contributed by atoms with Crippen molar-refractivity contribution in [3.63, 3.8) is 0 Å². The summed E-state index contributed by atoms with van der Waals surface area (Å²) in [4.78, 5) is 16.8. The molecule has 4 aromatic rings. The summed E-state index contributed by atoms with van der Waals surface area (Å²) in [7, 11) is -3.83. The Morgan fingerprint density at radius 2 is 1.61 bits per heavy atom. The molecule has 0 fully saturated rings. The molecule has 0 radical (unpaired) electrons. The van der Waals surface area contributed by atoms with Crippen molar-refractivity contribution in [2.24, 2.45) is 0 Å². The van der Waals surface area contributed by atoms with E-state index in [9.17, 15) is 13.2 Å². The summed E-state index contributed by atoms with van der Waals surface area (Å²) in [5, 5.41) is 9.37. The highest BCUT2D eigenvalue weighted by Gasteiger charge is 2.40. The van der Waals surface area contributed by atoms with E-state index in [4.69, 9.17) is 0 Å². The summed E-state index contributed by atoms with van der Waals surface area (Å²) in [6.45, 7) is 0.601. The minimum atomic E-state index is -3.83. The standard InChI is InChI=1S/C23H19N5O3S2/c29-22-19-8-4-5-9-20(19)33(30,31)28(22)14-15-32-23-26-25-21(18-10-12-24-13-11-18)27(23)16-17-6-2-1-3-7-17/h1-13H,14-16H2. The highest BCUT2D eigenvalue weighted by molar-refractivity contribution is 7.99. The van der Waals surface area contributed by atoms with Crippen LogP contribution in [0.3, 0.4) is 0 Å². The second kappa shape index (κ2) is 8.80. The highest BCUT2D eigenvalue weighted by atomic mass is 32.2. The average Bonchev–Trinajstić information content (AvgIpc) is 3.32. The van der Waals surface area contributed by atoms with Crippen molar-refractivity contribution in [3.05, 3.63) is 90.3 Å². The van der Waals surface area contributed by atoms with Crippen LogP contribution in [0.2, 0.25) is 0 Å². The van der Waals surface area contributed by atoms with Gasteiger partial charge in [0.05, 0.1) is 12.1 Å². The van der Waals surface area contributed by atoms with Crippen LogP contribution in [0.15, 0.2) is 89.2 Å². The Labute approximate surface area is 195 Å². The Hall–Kier alpha value is -3.50. The van der Waals surface area contributed by atoms with Gasteiger partial charge in [-0.15, -0.1) is 10.2 Å². The second-order valence-corrected chi connectivity index (χ2v) is 10.2. The molecule has 0 saturated heterocycles. The van der Waals surface area contributed by atoms with Crippen molar-refractivity contribution in [1.29, 1.82) is 0 Å². The largest absolute Gasteiger partial charge is 0.298 e. The molecule has 0 N–H and O–H groups in total. The summed E-state index contributed by atoms with van der Waals surface area (Å²) in [6, 6.07) is 20.0. The van der Waals surface area contributed by atoms with Gasteiger partial charge < -0.3 is 0 Å². The van der Waals surface area contributed by atoms with Crippen LogP contribution in [0.25, 0.3) is 11.4 Å². The molecule has 166 valence electrons. The van der Waals surface area contributed by atoms with Crippen molar-refractivity contribution in [1.82, 2.24) is 24.1 Å². The third-order valence-corrected chi connectivity index (χ3v) is 8.06. The monoisotopic (exact) mass is 477 g/mol. The van der Waals surface area contributed by atoms with Crippen LogP contribution in [0, 0.1) is 0 Å². The SMILES string of the molecule is O=C1c2ccccc2S(=O)(=O)N1CCSc1nnc(-c2ccncc2)n1Cc1ccccc1. The predicted molar refractivity (Wildman–Crippen MR) is 124 cm³/mol. The van der Waals surface area contributed by atoms with Gasteiger partial charge in [0, 0.05) is 30.3 Å². The van der Waals surface area contributed by atoms with Crippen molar-refractivity contribution in [3.8, 4) is 11.4 Å². The molecule has 10 heteroatoms. The van der Waals surface area contributed by atoms with E-state index in [0.29, 0.717) is 23.3 Å². The van der Waals surface area contributed by atoms with E-state index >= 15 is 0 Å². The third kappa shape index (κ3) is 4.03. The smallest absolute Gasteiger partial charge is 0.269 e. The lowest BCUT2D eigenvalue weighted by molar-refractivity contribution is 0.0876. The van der Waals surface area contributed by atoms with Crippen LogP contribution in [0.1, 0.15) is 15.9 Å². The summed E-state index contributed by atoms with van der Waals surface area (Å²) in [5.74, 6) is 0.554. The van der Waals surface area contributed by atoms with Gasteiger partial charge in [-0.25, -0.2) is 12.7 Å². The number of nitrogens with zero attached hydrogens (tertiary/aromatic N) is 5. The number of aromatic nitrogens is 4. The Kier molecular flexibility index (Phi) is 5.69. The molecule has 2 aromatic carbocycles. The number of benzene rings is 2. The van der Waals surface area contributed by atoms with E-state index in [-0.39, 0.29) is 17.0 Å². The number of carbonyl (C=O) groups excluding carboxylic acids is 1. The quantitative estimate of drug-likeness (QED) is 0.377. The molecule has 1 aliphatic heterocycles. The van der Waals surface area contributed by atoms with Crippen LogP contribution in [-0.2, 0) is 16.6 Å². The fraction of sp³-hybridized carbons (Fsp3) is 0.130. The van der Waals surface area contributed by atoms with Gasteiger partial charge in [-0.2, -0.15) is 0 Å². The van der Waals surface area contributed by atoms with Gasteiger partial charge in [0.2, 0.25) is 0 Å². The topological polar surface area (TPSA) is 98.1 Å². The van der Waals surface area contributed by atoms with Crippen LogP contribution in [0.5, 0.6) is 0 Å². The lowest BCUT2D eigenvalue weighted by Gasteiger charge is -2.15. The summed E-state index contributed by atoms with van der Waals surface area (Å²) in [5.41, 5.74) is 2.19. The lowest BCUT2D eigenvalue weighted by Crippen LogP contribution is -2.32. The first-order valence-electron chi connectivity index (χ1n) is 10.2. The van der Waals surface area contributed by atoms with Gasteiger partial charge in [0.1, 0.15) is 4.90 Å². The van der Waals surface area contributed by atoms with Crippen molar-refractivity contribution in [2.45, 2.75) is 16.6 Å². The van der Waals surface area contributed by atoms with Crippen molar-refractivity contribution < 1.29 is 13.2 Å². The van der Waals surface area contributed by atoms with E-state index in [2.05, 4.69) is 15.2 Å². The summed E-state index contributed by atoms with van der Waals surface area (Å²) < 4.78 is 28.5. The fourth-order valence-electron chi connectivity index (χ4n) is 3.69. The number of carbonyl (C=O) groups is 1. The molecular weight excluding hydrogens is 458 g/mol. The predicted octanol–water partition coefficient (Wildman–Crippen LogP) is 3.33. The zero-order chi connectivity index (χ0) is 22.8. The van der Waals surface area contributed by atoms with Gasteiger partial charge in [0.25, 0.3) is 15.9 Å². The van der Waals surface area contributed by atoms with E-state index in [1.807, 2.05) is 47.0 Å². The molecule has 0 unspecified atom stereocenters. The number of hydrogen-bond acceptors (Lipinski definition) is 7. The summed E-state index contributed by atoms with van der Waals surface area (Å²) >= 11 is 1.37. The van der Waals surface area contributed by atoms with Gasteiger partial charge in [-0.3, -0.25) is 14.3 Å². The molecule has 1 aliphatic rings. The summed E-state index contributed by atoms with van der Waals surface area (Å²) in [6.07, 6.45) is 3.40. The molecule has 8 nitrogen and oxygen atoms in total. The number of fused-ring (bicyclic) bond motifs is 1. The van der Waals surface area contributed by atoms with Gasteiger partial charge >= 0.3 is 0 Å². The number of rotatable bonds is 7. The Bertz CT molecular complexity index is 1410. The molecular formula is C23H19N5O3S2. The third-order valence-electron chi connectivity index (χ3n) is 5.28. The molecule has 2 aromatic heterocycles. The number of pyridine rings is 1. The molecule has 5 rings (SSSR count). The minimum absolute atomic E-state index is 0.0449. The van der Waals surface area contributed by atoms with Gasteiger partial charge in [-0.1, -0.05) is 54.2 Å². The van der Waals surface area contributed by atoms with Gasteiger partial charge in [-0.05, 0) is 29.8 Å². The molecule has 0 atom stereocenters. The first kappa shape index (κ1) is 21.4. The second-order valence-electron chi connectivity index (χ2n) is 7.34. The first-order valence-corrected chi connectivity index (χ1v) is 12.6. The molecule has 0 spiro atoms. The molecule has 0 aliphatic carbocycles. The average molecular weight is 478 g/mol. The maximum absolute atomic E-state index is 12.8. The van der Waals surface area contributed by atoms with Crippen LogP contribution < -0.4 is 0 Å². The maximum Gasteiger partial charge on any atom is 0.269 e. The number of amides is 1. The van der Waals surface area contributed by atoms with Crippen LogP contribution in [-0.4, -0.2) is 50.7 Å². The normalized spacial score (nSPS) is 14.4. The highest BCUT2D eigenvalue weighted by Crippen LogP contribution is 2.31. The van der Waals surface area contributed by atoms with Crippen molar-refractivity contribution in [2.75, 3.05) is 12.3 Å². The van der Waals surface area contributed by atoms with E-state index in [1.165, 1.54) is 17.8 Å². The number of thioether (sulfide) groups is 1. The van der Waals surface area contributed by atoms with Crippen LogP contribution in [0.4, 0.5) is 0 Å². The Morgan fingerprint density at radius 3 is 2.36 bits per heavy atom. The van der Waals surface area contributed by atoms with E-state index in [1.54, 1.807) is 30.6 Å². The molecule has 33 heavy (non-hydrogen) atoms. The maximum atomic E-state index is 12.8. The number of sulfonamides is 1. The van der Waals surface area contributed by atoms with E-state index < -0.39 is 15.9 Å². The van der Waals surface area contributed by atoms with Crippen molar-refractivity contribution >= 4 is 27.7 Å².